The molecular weight excluding hydrogens is 359 g/mol. The number of aliphatic hydroxyl groups excluding tert-OH is 1. The zero-order chi connectivity index (χ0) is 19.6. The highest BCUT2D eigenvalue weighted by molar-refractivity contribution is 5.74. The van der Waals surface area contributed by atoms with Crippen LogP contribution in [0.15, 0.2) is 12.1 Å². The summed E-state index contributed by atoms with van der Waals surface area (Å²) in [5, 5.41) is 33.8. The molecular formula is C17H23FN4O5. The first-order valence-electron chi connectivity index (χ1n) is 8.56. The number of halogens is 1. The van der Waals surface area contributed by atoms with Gasteiger partial charge in [-0.1, -0.05) is 0 Å². The van der Waals surface area contributed by atoms with Crippen LogP contribution in [0.4, 0.5) is 9.18 Å². The molecule has 2 rings (SSSR count). The second kappa shape index (κ2) is 10.5. The highest BCUT2D eigenvalue weighted by Gasteiger charge is 2.16. The largest absolute Gasteiger partial charge is 0.506 e. The van der Waals surface area contributed by atoms with Crippen molar-refractivity contribution in [1.29, 1.82) is 5.26 Å². The van der Waals surface area contributed by atoms with E-state index in [1.165, 1.54) is 0 Å². The molecule has 10 heteroatoms. The zero-order valence-corrected chi connectivity index (χ0v) is 14.8. The van der Waals surface area contributed by atoms with Gasteiger partial charge in [-0.3, -0.25) is 0 Å². The summed E-state index contributed by atoms with van der Waals surface area (Å²) in [6.45, 7) is 3.02. The average molecular weight is 382 g/mol. The fraction of sp³-hybridized carbons (Fsp3) is 0.529. The third-order valence-corrected chi connectivity index (χ3v) is 3.86. The second-order valence-electron chi connectivity index (χ2n) is 5.91. The minimum Gasteiger partial charge on any atom is -0.506 e. The Kier molecular flexibility index (Phi) is 8.06. The molecule has 1 fully saturated rings. The van der Waals surface area contributed by atoms with Crippen LogP contribution in [0.5, 0.6) is 11.5 Å². The van der Waals surface area contributed by atoms with Gasteiger partial charge in [0.15, 0.2) is 11.6 Å². The van der Waals surface area contributed by atoms with Gasteiger partial charge in [-0.15, -0.1) is 0 Å². The lowest BCUT2D eigenvalue weighted by Gasteiger charge is -2.27. The number of carbonyl (C=O) groups excluding carboxylic acids is 1. The molecule has 0 aromatic heterocycles. The van der Waals surface area contributed by atoms with E-state index < -0.39 is 17.7 Å². The highest BCUT2D eigenvalue weighted by Crippen LogP contribution is 2.26. The van der Waals surface area contributed by atoms with Gasteiger partial charge in [0.05, 0.1) is 18.8 Å². The lowest BCUT2D eigenvalue weighted by molar-refractivity contribution is 0.0532. The Labute approximate surface area is 156 Å². The van der Waals surface area contributed by atoms with Gasteiger partial charge in [-0.05, 0) is 0 Å². The molecule has 148 valence electrons. The highest BCUT2D eigenvalue weighted by atomic mass is 19.1. The Hall–Kier alpha value is -2.61. The Morgan fingerprint density at radius 3 is 2.85 bits per heavy atom. The number of carbonyl (C=O) groups is 1. The number of aromatic hydroxyl groups is 1. The predicted octanol–water partition coefficient (Wildman–Crippen LogP) is -0.226. The maximum Gasteiger partial charge on any atom is 0.317 e. The van der Waals surface area contributed by atoms with Crippen LogP contribution in [0.2, 0.25) is 0 Å². The fourth-order valence-electron chi connectivity index (χ4n) is 2.39. The van der Waals surface area contributed by atoms with E-state index in [2.05, 4.69) is 10.6 Å². The Morgan fingerprint density at radius 1 is 1.41 bits per heavy atom. The van der Waals surface area contributed by atoms with Crippen LogP contribution in [-0.2, 0) is 4.74 Å². The molecule has 0 saturated carbocycles. The van der Waals surface area contributed by atoms with E-state index in [1.807, 2.05) is 0 Å². The molecule has 1 saturated heterocycles. The number of morpholine rings is 1. The minimum absolute atomic E-state index is 0.116. The monoisotopic (exact) mass is 382 g/mol. The molecule has 2 amide bonds. The maximum atomic E-state index is 13.7. The van der Waals surface area contributed by atoms with E-state index in [9.17, 15) is 19.4 Å². The van der Waals surface area contributed by atoms with Gasteiger partial charge in [-0.25, -0.2) is 9.18 Å². The fourth-order valence-corrected chi connectivity index (χ4v) is 2.39. The summed E-state index contributed by atoms with van der Waals surface area (Å²) in [5.74, 6) is -1.51. The molecule has 0 bridgehead atoms. The number of aliphatic hydroxyl groups is 1. The van der Waals surface area contributed by atoms with Crippen molar-refractivity contribution < 1.29 is 28.9 Å². The van der Waals surface area contributed by atoms with Gasteiger partial charge < -0.3 is 35.2 Å². The number of nitriles is 1. The first kappa shape index (κ1) is 20.7. The average Bonchev–Trinajstić information content (AvgIpc) is 2.67. The number of rotatable bonds is 8. The molecule has 0 aliphatic carbocycles. The van der Waals surface area contributed by atoms with Crippen LogP contribution in [0, 0.1) is 17.1 Å². The number of hydrogen-bond donors (Lipinski definition) is 4. The molecule has 0 unspecified atom stereocenters. The van der Waals surface area contributed by atoms with Crippen molar-refractivity contribution in [3.8, 4) is 17.6 Å². The summed E-state index contributed by atoms with van der Waals surface area (Å²) in [6, 6.07) is 3.43. The van der Waals surface area contributed by atoms with Crippen LogP contribution in [-0.4, -0.2) is 79.8 Å². The Bertz CT molecular complexity index is 676. The number of phenolic OH excluding ortho intramolecular Hbond substituents is 1. The summed E-state index contributed by atoms with van der Waals surface area (Å²) < 4.78 is 24.0. The number of amides is 2. The number of nitrogens with one attached hydrogen (secondary N) is 2. The molecule has 1 aromatic carbocycles. The standard InChI is InChI=1S/C17H23FN4O5/c18-14-8-15(24)12(9-19)7-16(14)27-11-13(23)10-20-1-2-21-17(25)22-3-5-26-6-4-22/h7-8,13,20,23-24H,1-6,10-11H2,(H,21,25)/t13-/m0/s1. The van der Waals surface area contributed by atoms with E-state index in [0.717, 1.165) is 12.1 Å². The maximum absolute atomic E-state index is 13.7. The summed E-state index contributed by atoms with van der Waals surface area (Å²) in [6.07, 6.45) is -0.918. The SMILES string of the molecule is N#Cc1cc(OC[C@@H](O)CNCCNC(=O)N2CCOCC2)c(F)cc1O. The normalized spacial score (nSPS) is 15.1. The van der Waals surface area contributed by atoms with Gasteiger partial charge in [0, 0.05) is 44.9 Å². The van der Waals surface area contributed by atoms with Crippen LogP contribution in [0.25, 0.3) is 0 Å². The Balaban J connectivity index is 1.62. The van der Waals surface area contributed by atoms with Gasteiger partial charge in [0.1, 0.15) is 24.5 Å². The van der Waals surface area contributed by atoms with E-state index in [1.54, 1.807) is 11.0 Å². The van der Waals surface area contributed by atoms with E-state index in [0.29, 0.717) is 39.4 Å². The molecule has 1 atom stereocenters. The first-order valence-corrected chi connectivity index (χ1v) is 8.56. The summed E-state index contributed by atoms with van der Waals surface area (Å²) in [4.78, 5) is 13.5. The van der Waals surface area contributed by atoms with Gasteiger partial charge in [0.2, 0.25) is 0 Å². The third-order valence-electron chi connectivity index (χ3n) is 3.86. The molecule has 0 spiro atoms. The number of nitrogens with zero attached hydrogens (tertiary/aromatic N) is 2. The lowest BCUT2D eigenvalue weighted by Crippen LogP contribution is -2.47. The van der Waals surface area contributed by atoms with Crippen LogP contribution in [0.1, 0.15) is 5.56 Å². The topological polar surface area (TPSA) is 127 Å². The number of ether oxygens (including phenoxy) is 2. The summed E-state index contributed by atoms with van der Waals surface area (Å²) in [7, 11) is 0. The van der Waals surface area contributed by atoms with Crippen molar-refractivity contribution in [1.82, 2.24) is 15.5 Å². The quantitative estimate of drug-likeness (QED) is 0.458. The number of phenols is 1. The number of benzene rings is 1. The molecule has 1 aliphatic heterocycles. The van der Waals surface area contributed by atoms with Crippen molar-refractivity contribution in [3.05, 3.63) is 23.5 Å². The van der Waals surface area contributed by atoms with Gasteiger partial charge in [-0.2, -0.15) is 5.26 Å². The smallest absolute Gasteiger partial charge is 0.317 e. The minimum atomic E-state index is -0.918. The zero-order valence-electron chi connectivity index (χ0n) is 14.8. The predicted molar refractivity (Wildman–Crippen MR) is 92.9 cm³/mol. The van der Waals surface area contributed by atoms with Gasteiger partial charge >= 0.3 is 6.03 Å². The second-order valence-corrected chi connectivity index (χ2v) is 5.91. The first-order chi connectivity index (χ1) is 13.0. The van der Waals surface area contributed by atoms with Gasteiger partial charge in [0.25, 0.3) is 0 Å². The molecule has 27 heavy (non-hydrogen) atoms. The van der Waals surface area contributed by atoms with Crippen LogP contribution >= 0.6 is 0 Å². The molecule has 9 nitrogen and oxygen atoms in total. The Morgan fingerprint density at radius 2 is 2.15 bits per heavy atom. The van der Waals surface area contributed by atoms with Crippen molar-refractivity contribution in [2.45, 2.75) is 6.10 Å². The van der Waals surface area contributed by atoms with Crippen molar-refractivity contribution in [2.75, 3.05) is 52.5 Å². The third kappa shape index (κ3) is 6.56. The molecule has 1 aliphatic rings. The van der Waals surface area contributed by atoms with Crippen molar-refractivity contribution in [2.24, 2.45) is 0 Å². The molecule has 1 aromatic rings. The lowest BCUT2D eigenvalue weighted by atomic mass is 10.2. The summed E-state index contributed by atoms with van der Waals surface area (Å²) >= 11 is 0. The van der Waals surface area contributed by atoms with Crippen molar-refractivity contribution in [3.63, 3.8) is 0 Å². The molecule has 4 N–H and O–H groups in total. The van der Waals surface area contributed by atoms with Crippen LogP contribution in [0.3, 0.4) is 0 Å². The molecule has 1 heterocycles. The van der Waals surface area contributed by atoms with Crippen LogP contribution < -0.4 is 15.4 Å². The number of urea groups is 1. The number of hydrogen-bond acceptors (Lipinski definition) is 7. The van der Waals surface area contributed by atoms with E-state index in [4.69, 9.17) is 14.7 Å². The molecule has 0 radical (unpaired) electrons. The van der Waals surface area contributed by atoms with E-state index >= 15 is 0 Å². The van der Waals surface area contributed by atoms with Crippen molar-refractivity contribution >= 4 is 6.03 Å². The summed E-state index contributed by atoms with van der Waals surface area (Å²) in [5.41, 5.74) is -0.116. The van der Waals surface area contributed by atoms with E-state index in [-0.39, 0.29) is 30.5 Å².